The average molecular weight is 326 g/mol. The number of halogens is 1. The van der Waals surface area contributed by atoms with E-state index in [1.54, 1.807) is 36.5 Å². The van der Waals surface area contributed by atoms with Crippen molar-refractivity contribution in [2.45, 2.75) is 13.5 Å². The van der Waals surface area contributed by atoms with Crippen molar-refractivity contribution in [1.82, 2.24) is 5.32 Å². The maximum atomic E-state index is 11.9. The standard InChI is InChI=1S/C13H12BrNO2S/c1-8-3-2-4-9(12(8)16)13(17)15-7-11-10(14)5-6-18-11/h2-6,16H,7H2,1H3,(H,15,17). The quantitative estimate of drug-likeness (QED) is 0.908. The van der Waals surface area contributed by atoms with Crippen molar-refractivity contribution >= 4 is 33.2 Å². The van der Waals surface area contributed by atoms with E-state index in [1.165, 1.54) is 0 Å². The molecule has 0 aliphatic rings. The van der Waals surface area contributed by atoms with Crippen LogP contribution in [0.3, 0.4) is 0 Å². The zero-order valence-corrected chi connectivity index (χ0v) is 12.1. The Bertz CT molecular complexity index is 580. The molecular formula is C13H12BrNO2S. The number of aromatic hydroxyl groups is 1. The van der Waals surface area contributed by atoms with Crippen molar-refractivity contribution in [1.29, 1.82) is 0 Å². The van der Waals surface area contributed by atoms with Gasteiger partial charge in [-0.25, -0.2) is 0 Å². The molecular weight excluding hydrogens is 314 g/mol. The number of nitrogens with one attached hydrogen (secondary N) is 1. The van der Waals surface area contributed by atoms with E-state index in [9.17, 15) is 9.90 Å². The highest BCUT2D eigenvalue weighted by atomic mass is 79.9. The first-order chi connectivity index (χ1) is 8.59. The Balaban J connectivity index is 2.09. The van der Waals surface area contributed by atoms with Gasteiger partial charge in [0.1, 0.15) is 5.75 Å². The van der Waals surface area contributed by atoms with Gasteiger partial charge in [0.2, 0.25) is 0 Å². The highest BCUT2D eigenvalue weighted by Crippen LogP contribution is 2.24. The van der Waals surface area contributed by atoms with Crippen LogP contribution in [0.1, 0.15) is 20.8 Å². The Labute approximate surface area is 118 Å². The van der Waals surface area contributed by atoms with Gasteiger partial charge >= 0.3 is 0 Å². The molecule has 18 heavy (non-hydrogen) atoms. The summed E-state index contributed by atoms with van der Waals surface area (Å²) in [6.07, 6.45) is 0. The number of rotatable bonds is 3. The van der Waals surface area contributed by atoms with Gasteiger partial charge in [-0.1, -0.05) is 12.1 Å². The van der Waals surface area contributed by atoms with Crippen LogP contribution in [0.5, 0.6) is 5.75 Å². The summed E-state index contributed by atoms with van der Waals surface area (Å²) in [7, 11) is 0. The Hall–Kier alpha value is -1.33. The van der Waals surface area contributed by atoms with Crippen molar-refractivity contribution in [3.8, 4) is 5.75 Å². The maximum absolute atomic E-state index is 11.9. The second-order valence-corrected chi connectivity index (χ2v) is 5.70. The lowest BCUT2D eigenvalue weighted by atomic mass is 10.1. The van der Waals surface area contributed by atoms with Gasteiger partial charge in [0.05, 0.1) is 12.1 Å². The summed E-state index contributed by atoms with van der Waals surface area (Å²) in [4.78, 5) is 13.0. The molecule has 1 heterocycles. The Morgan fingerprint density at radius 3 is 2.89 bits per heavy atom. The smallest absolute Gasteiger partial charge is 0.255 e. The number of hydrogen-bond donors (Lipinski definition) is 2. The first kappa shape index (κ1) is 13.1. The van der Waals surface area contributed by atoms with Crippen molar-refractivity contribution in [3.63, 3.8) is 0 Å². The first-order valence-corrected chi connectivity index (χ1v) is 7.05. The van der Waals surface area contributed by atoms with Crippen LogP contribution in [0.25, 0.3) is 0 Å². The fourth-order valence-electron chi connectivity index (χ4n) is 1.55. The van der Waals surface area contributed by atoms with Crippen molar-refractivity contribution in [2.75, 3.05) is 0 Å². The third-order valence-electron chi connectivity index (χ3n) is 2.58. The third-order valence-corrected chi connectivity index (χ3v) is 4.51. The van der Waals surface area contributed by atoms with E-state index < -0.39 is 0 Å². The summed E-state index contributed by atoms with van der Waals surface area (Å²) in [5, 5.41) is 14.6. The summed E-state index contributed by atoms with van der Waals surface area (Å²) in [5.41, 5.74) is 1.00. The molecule has 2 N–H and O–H groups in total. The zero-order chi connectivity index (χ0) is 13.1. The minimum atomic E-state index is -0.267. The number of phenols is 1. The molecule has 94 valence electrons. The summed E-state index contributed by atoms with van der Waals surface area (Å²) in [5.74, 6) is -0.225. The van der Waals surface area contributed by atoms with Crippen LogP contribution in [0.4, 0.5) is 0 Å². The number of benzene rings is 1. The Kier molecular flexibility index (Phi) is 4.04. The van der Waals surface area contributed by atoms with E-state index in [0.717, 1.165) is 9.35 Å². The number of phenolic OH excluding ortho intramolecular Hbond substituents is 1. The highest BCUT2D eigenvalue weighted by molar-refractivity contribution is 9.10. The van der Waals surface area contributed by atoms with E-state index in [-0.39, 0.29) is 11.7 Å². The monoisotopic (exact) mass is 325 g/mol. The largest absolute Gasteiger partial charge is 0.507 e. The second-order valence-electron chi connectivity index (χ2n) is 3.85. The van der Waals surface area contributed by atoms with E-state index in [0.29, 0.717) is 17.7 Å². The van der Waals surface area contributed by atoms with Gasteiger partial charge in [-0.05, 0) is 45.9 Å². The molecule has 0 aliphatic heterocycles. The van der Waals surface area contributed by atoms with Crippen LogP contribution >= 0.6 is 27.3 Å². The Morgan fingerprint density at radius 1 is 1.44 bits per heavy atom. The van der Waals surface area contributed by atoms with Crippen LogP contribution in [0, 0.1) is 6.92 Å². The molecule has 0 aliphatic carbocycles. The summed E-state index contributed by atoms with van der Waals surface area (Å²) >= 11 is 4.98. The number of amides is 1. The number of hydrogen-bond acceptors (Lipinski definition) is 3. The zero-order valence-electron chi connectivity index (χ0n) is 9.74. The SMILES string of the molecule is Cc1cccc(C(=O)NCc2sccc2Br)c1O. The molecule has 3 nitrogen and oxygen atoms in total. The number of thiophene rings is 1. The minimum Gasteiger partial charge on any atom is -0.507 e. The average Bonchev–Trinajstić information content (AvgIpc) is 2.75. The summed E-state index contributed by atoms with van der Waals surface area (Å²) < 4.78 is 0.987. The molecule has 0 saturated heterocycles. The van der Waals surface area contributed by atoms with E-state index in [4.69, 9.17) is 0 Å². The molecule has 0 unspecified atom stereocenters. The van der Waals surface area contributed by atoms with Gasteiger partial charge in [-0.2, -0.15) is 0 Å². The predicted octanol–water partition coefficient (Wildman–Crippen LogP) is 3.45. The van der Waals surface area contributed by atoms with Crippen molar-refractivity contribution < 1.29 is 9.90 Å². The molecule has 0 bridgehead atoms. The van der Waals surface area contributed by atoms with Crippen LogP contribution in [-0.4, -0.2) is 11.0 Å². The van der Waals surface area contributed by atoms with Crippen LogP contribution in [0.15, 0.2) is 34.1 Å². The fraction of sp³-hybridized carbons (Fsp3) is 0.154. The van der Waals surface area contributed by atoms with Crippen LogP contribution in [0.2, 0.25) is 0 Å². The number of carbonyl (C=O) groups is 1. The van der Waals surface area contributed by atoms with Gasteiger partial charge in [-0.15, -0.1) is 11.3 Å². The number of aryl methyl sites for hydroxylation is 1. The first-order valence-electron chi connectivity index (χ1n) is 5.38. The van der Waals surface area contributed by atoms with E-state index in [2.05, 4.69) is 21.2 Å². The fourth-order valence-corrected chi connectivity index (χ4v) is 2.98. The molecule has 5 heteroatoms. The van der Waals surface area contributed by atoms with Gasteiger partial charge in [-0.3, -0.25) is 4.79 Å². The van der Waals surface area contributed by atoms with Gasteiger partial charge in [0, 0.05) is 9.35 Å². The third kappa shape index (κ3) is 2.73. The second kappa shape index (κ2) is 5.54. The molecule has 0 atom stereocenters. The lowest BCUT2D eigenvalue weighted by Crippen LogP contribution is -2.22. The predicted molar refractivity (Wildman–Crippen MR) is 76.0 cm³/mol. The van der Waals surface area contributed by atoms with E-state index in [1.807, 2.05) is 11.4 Å². The highest BCUT2D eigenvalue weighted by Gasteiger charge is 2.12. The molecule has 0 spiro atoms. The van der Waals surface area contributed by atoms with Gasteiger partial charge < -0.3 is 10.4 Å². The number of carbonyl (C=O) groups excluding carboxylic acids is 1. The molecule has 2 rings (SSSR count). The molecule has 0 fully saturated rings. The molecule has 1 aromatic heterocycles. The van der Waals surface area contributed by atoms with E-state index >= 15 is 0 Å². The van der Waals surface area contributed by atoms with Gasteiger partial charge in [0.25, 0.3) is 5.91 Å². The molecule has 0 radical (unpaired) electrons. The minimum absolute atomic E-state index is 0.0419. The van der Waals surface area contributed by atoms with Crippen LogP contribution in [-0.2, 0) is 6.54 Å². The lowest BCUT2D eigenvalue weighted by Gasteiger charge is -2.07. The van der Waals surface area contributed by atoms with Gasteiger partial charge in [0.15, 0.2) is 0 Å². The summed E-state index contributed by atoms with van der Waals surface area (Å²) in [6, 6.07) is 7.07. The maximum Gasteiger partial charge on any atom is 0.255 e. The lowest BCUT2D eigenvalue weighted by molar-refractivity contribution is 0.0948. The molecule has 1 amide bonds. The topological polar surface area (TPSA) is 49.3 Å². The van der Waals surface area contributed by atoms with Crippen LogP contribution < -0.4 is 5.32 Å². The van der Waals surface area contributed by atoms with Crippen molar-refractivity contribution in [2.24, 2.45) is 0 Å². The number of para-hydroxylation sites is 1. The Morgan fingerprint density at radius 2 is 2.22 bits per heavy atom. The molecule has 1 aromatic carbocycles. The summed E-state index contributed by atoms with van der Waals surface area (Å²) in [6.45, 7) is 2.21. The van der Waals surface area contributed by atoms with Crippen molar-refractivity contribution in [3.05, 3.63) is 50.1 Å². The molecule has 0 saturated carbocycles. The normalized spacial score (nSPS) is 10.3. The molecule has 2 aromatic rings.